The number of benzene rings is 4. The van der Waals surface area contributed by atoms with Crippen LogP contribution in [0.25, 0.3) is 0 Å². The van der Waals surface area contributed by atoms with Crippen LogP contribution in [-0.2, 0) is 0 Å². The molecule has 1 saturated heterocycles. The van der Waals surface area contributed by atoms with Gasteiger partial charge in [-0.05, 0) is 111 Å². The maximum atomic E-state index is 3.73. The van der Waals surface area contributed by atoms with E-state index in [0.29, 0.717) is 18.0 Å². The van der Waals surface area contributed by atoms with Gasteiger partial charge in [-0.2, -0.15) is 0 Å². The monoisotopic (exact) mass is 567 g/mol. The second-order valence-electron chi connectivity index (χ2n) is 12.5. The average molecular weight is 568 g/mol. The number of piperidine rings is 1. The summed E-state index contributed by atoms with van der Waals surface area (Å²) in [5.41, 5.74) is 12.0. The molecule has 5 heteroatoms. The third-order valence-corrected chi connectivity index (χ3v) is 10.00. The summed E-state index contributed by atoms with van der Waals surface area (Å²) in [5.74, 6) is 0.941. The van der Waals surface area contributed by atoms with Gasteiger partial charge in [0.1, 0.15) is 0 Å². The summed E-state index contributed by atoms with van der Waals surface area (Å²) in [6.07, 6.45) is 6.32. The summed E-state index contributed by atoms with van der Waals surface area (Å²) in [4.78, 5) is 7.58. The lowest BCUT2D eigenvalue weighted by Gasteiger charge is -2.40. The summed E-state index contributed by atoms with van der Waals surface area (Å²) in [7, 11) is 2.31. The first kappa shape index (κ1) is 26.4. The fourth-order valence-corrected chi connectivity index (χ4v) is 8.03. The zero-order valence-corrected chi connectivity index (χ0v) is 25.0. The van der Waals surface area contributed by atoms with Crippen LogP contribution in [0.3, 0.4) is 0 Å². The molecule has 0 aliphatic carbocycles. The first-order valence-corrected chi connectivity index (χ1v) is 16.1. The molecule has 0 spiro atoms. The molecule has 4 aromatic carbocycles. The summed E-state index contributed by atoms with van der Waals surface area (Å²) in [6.45, 7) is 3.28. The lowest BCUT2D eigenvalue weighted by Crippen LogP contribution is -2.47. The molecule has 218 valence electrons. The third kappa shape index (κ3) is 4.67. The van der Waals surface area contributed by atoms with Crippen molar-refractivity contribution in [3.63, 3.8) is 0 Å². The standard InChI is InChI=1S/C38H41N5/c1-41-25-9-14-33-34-26-31(42(28-10-4-2-5-11-28)29-12-6-3-7-13-29)20-21-36(34)43(38(33)41)30-18-16-27(17-19-30)32-22-24-39-35-15-8-23-40-37(32)35/h2-7,10-13,16-21,26,32-33,38-40H,8-9,14-15,22-25H2,1H3. The molecule has 8 rings (SSSR count). The highest BCUT2D eigenvalue weighted by atomic mass is 15.4. The van der Waals surface area contributed by atoms with Crippen molar-refractivity contribution in [2.75, 3.05) is 36.5 Å². The van der Waals surface area contributed by atoms with E-state index in [9.17, 15) is 0 Å². The van der Waals surface area contributed by atoms with E-state index in [0.717, 1.165) is 26.1 Å². The Kier molecular flexibility index (Phi) is 6.83. The van der Waals surface area contributed by atoms with Crippen molar-refractivity contribution in [1.29, 1.82) is 0 Å². The van der Waals surface area contributed by atoms with Crippen LogP contribution >= 0.6 is 0 Å². The van der Waals surface area contributed by atoms with Crippen LogP contribution in [-0.4, -0.2) is 37.7 Å². The first-order chi connectivity index (χ1) is 21.3. The summed E-state index contributed by atoms with van der Waals surface area (Å²) >= 11 is 0. The predicted molar refractivity (Wildman–Crippen MR) is 178 cm³/mol. The maximum Gasteiger partial charge on any atom is 0.0937 e. The molecule has 0 bridgehead atoms. The Bertz CT molecular complexity index is 1570. The minimum atomic E-state index is 0.333. The van der Waals surface area contributed by atoms with Crippen LogP contribution in [0.15, 0.2) is 115 Å². The Morgan fingerprint density at radius 1 is 0.721 bits per heavy atom. The number of fused-ring (bicyclic) bond motifs is 3. The van der Waals surface area contributed by atoms with E-state index in [1.807, 2.05) is 0 Å². The van der Waals surface area contributed by atoms with Gasteiger partial charge in [0.05, 0.1) is 6.17 Å². The van der Waals surface area contributed by atoms with Gasteiger partial charge in [0.25, 0.3) is 0 Å². The van der Waals surface area contributed by atoms with Crippen molar-refractivity contribution in [3.8, 4) is 0 Å². The number of hydrogen-bond donors (Lipinski definition) is 2. The second kappa shape index (κ2) is 11.1. The van der Waals surface area contributed by atoms with Crippen LogP contribution in [0.4, 0.5) is 28.4 Å². The molecule has 0 aromatic heterocycles. The Morgan fingerprint density at radius 3 is 2.21 bits per heavy atom. The number of rotatable bonds is 5. The van der Waals surface area contributed by atoms with Gasteiger partial charge in [0.15, 0.2) is 0 Å². The summed E-state index contributed by atoms with van der Waals surface area (Å²) in [6, 6.07) is 38.2. The molecule has 3 unspecified atom stereocenters. The zero-order valence-electron chi connectivity index (χ0n) is 25.0. The number of nitrogens with one attached hydrogen (secondary N) is 2. The maximum absolute atomic E-state index is 3.73. The first-order valence-electron chi connectivity index (χ1n) is 16.1. The Morgan fingerprint density at radius 2 is 1.47 bits per heavy atom. The minimum absolute atomic E-state index is 0.333. The highest BCUT2D eigenvalue weighted by Crippen LogP contribution is 2.52. The fourth-order valence-electron chi connectivity index (χ4n) is 8.03. The third-order valence-electron chi connectivity index (χ3n) is 10.00. The highest BCUT2D eigenvalue weighted by molar-refractivity contribution is 5.81. The normalized spacial score (nSPS) is 23.1. The van der Waals surface area contributed by atoms with Crippen LogP contribution in [0, 0.1) is 0 Å². The SMILES string of the molecule is CN1CCCC2c3cc(N(c4ccccc4)c4ccccc4)ccc3N(c3ccc(C4CCNC5=C4NCCC5)cc3)C21. The molecule has 43 heavy (non-hydrogen) atoms. The average Bonchev–Trinajstić information content (AvgIpc) is 3.41. The lowest BCUT2D eigenvalue weighted by molar-refractivity contribution is 0.174. The van der Waals surface area contributed by atoms with Crippen molar-refractivity contribution in [2.45, 2.75) is 50.1 Å². The van der Waals surface area contributed by atoms with E-state index >= 15 is 0 Å². The topological polar surface area (TPSA) is 33.8 Å². The number of likely N-dealkylation sites (N-methyl/N-ethyl adjacent to an activating group) is 1. The largest absolute Gasteiger partial charge is 0.387 e. The Labute approximate surface area is 255 Å². The van der Waals surface area contributed by atoms with Crippen molar-refractivity contribution in [2.24, 2.45) is 0 Å². The van der Waals surface area contributed by atoms with E-state index in [-0.39, 0.29) is 0 Å². The van der Waals surface area contributed by atoms with Crippen LogP contribution in [0.5, 0.6) is 0 Å². The molecule has 3 atom stereocenters. The summed E-state index contributed by atoms with van der Waals surface area (Å²) < 4.78 is 0. The molecule has 2 N–H and O–H groups in total. The predicted octanol–water partition coefficient (Wildman–Crippen LogP) is 8.12. The van der Waals surface area contributed by atoms with E-state index in [1.54, 1.807) is 0 Å². The van der Waals surface area contributed by atoms with E-state index in [4.69, 9.17) is 0 Å². The molecular formula is C38H41N5. The van der Waals surface area contributed by atoms with Gasteiger partial charge in [-0.15, -0.1) is 0 Å². The van der Waals surface area contributed by atoms with Crippen molar-refractivity contribution in [3.05, 3.63) is 126 Å². The molecule has 0 amide bonds. The summed E-state index contributed by atoms with van der Waals surface area (Å²) in [5, 5.41) is 7.39. The number of likely N-dealkylation sites (tertiary alicyclic amines) is 1. The smallest absolute Gasteiger partial charge is 0.0937 e. The van der Waals surface area contributed by atoms with Gasteiger partial charge in [0, 0.05) is 64.8 Å². The lowest BCUT2D eigenvalue weighted by atomic mass is 9.86. The highest BCUT2D eigenvalue weighted by Gasteiger charge is 2.43. The quantitative estimate of drug-likeness (QED) is 0.255. The molecule has 4 heterocycles. The second-order valence-corrected chi connectivity index (χ2v) is 12.5. The number of nitrogens with zero attached hydrogens (tertiary/aromatic N) is 3. The van der Waals surface area contributed by atoms with Crippen molar-refractivity contribution < 1.29 is 0 Å². The van der Waals surface area contributed by atoms with Gasteiger partial charge in [0.2, 0.25) is 0 Å². The molecule has 0 saturated carbocycles. The molecule has 5 nitrogen and oxygen atoms in total. The minimum Gasteiger partial charge on any atom is -0.387 e. The van der Waals surface area contributed by atoms with E-state index < -0.39 is 0 Å². The van der Waals surface area contributed by atoms with Crippen molar-refractivity contribution >= 4 is 28.4 Å². The van der Waals surface area contributed by atoms with E-state index in [2.05, 4.69) is 136 Å². The molecule has 1 fully saturated rings. The molecule has 4 aliphatic rings. The van der Waals surface area contributed by atoms with Crippen molar-refractivity contribution in [1.82, 2.24) is 15.5 Å². The van der Waals surface area contributed by atoms with Crippen LogP contribution in [0.2, 0.25) is 0 Å². The number of anilines is 5. The molecule has 4 aliphatic heterocycles. The van der Waals surface area contributed by atoms with Gasteiger partial charge >= 0.3 is 0 Å². The number of allylic oxidation sites excluding steroid dienone is 2. The molecular weight excluding hydrogens is 526 g/mol. The van der Waals surface area contributed by atoms with Gasteiger partial charge in [-0.1, -0.05) is 48.5 Å². The van der Waals surface area contributed by atoms with Crippen LogP contribution in [0.1, 0.15) is 55.1 Å². The van der Waals surface area contributed by atoms with E-state index in [1.165, 1.54) is 76.6 Å². The fraction of sp³-hybridized carbons (Fsp3) is 0.316. The zero-order chi connectivity index (χ0) is 28.8. The van der Waals surface area contributed by atoms with Crippen LogP contribution < -0.4 is 20.4 Å². The Balaban J connectivity index is 1.18. The van der Waals surface area contributed by atoms with Gasteiger partial charge in [-0.3, -0.25) is 4.90 Å². The Hall–Kier alpha value is -4.22. The number of hydrogen-bond acceptors (Lipinski definition) is 5. The van der Waals surface area contributed by atoms with Gasteiger partial charge in [-0.25, -0.2) is 0 Å². The van der Waals surface area contributed by atoms with Gasteiger partial charge < -0.3 is 20.4 Å². The number of para-hydroxylation sites is 2. The molecule has 0 radical (unpaired) electrons. The molecule has 4 aromatic rings.